The standard InChI is InChI=1S/C21H24N2O3S/c1-14-20(16-6-8-17(24-2)9-7-16)27-21(23-14)22-12-11-15-5-10-18(25-3)19(13-15)26-4/h5-10,13H,11-12H2,1-4H3,(H,22,23). The zero-order valence-electron chi connectivity index (χ0n) is 16.0. The molecule has 0 unspecified atom stereocenters. The summed E-state index contributed by atoms with van der Waals surface area (Å²) in [5, 5.41) is 4.35. The number of anilines is 1. The Morgan fingerprint density at radius 3 is 2.33 bits per heavy atom. The number of aromatic nitrogens is 1. The van der Waals surface area contributed by atoms with Gasteiger partial charge in [0.05, 0.1) is 31.9 Å². The van der Waals surface area contributed by atoms with Crippen LogP contribution < -0.4 is 19.5 Å². The third-order valence-corrected chi connectivity index (χ3v) is 5.45. The monoisotopic (exact) mass is 384 g/mol. The van der Waals surface area contributed by atoms with Gasteiger partial charge in [-0.3, -0.25) is 0 Å². The number of nitrogens with zero attached hydrogens (tertiary/aromatic N) is 1. The third-order valence-electron chi connectivity index (χ3n) is 4.29. The molecule has 0 spiro atoms. The van der Waals surface area contributed by atoms with Crippen molar-refractivity contribution in [2.75, 3.05) is 33.2 Å². The molecular weight excluding hydrogens is 360 g/mol. The molecule has 6 heteroatoms. The number of nitrogens with one attached hydrogen (secondary N) is 1. The molecule has 3 rings (SSSR count). The van der Waals surface area contributed by atoms with Gasteiger partial charge in [-0.1, -0.05) is 17.4 Å². The number of ether oxygens (including phenoxy) is 3. The Bertz CT molecular complexity index is 891. The number of rotatable bonds is 8. The molecule has 1 aromatic heterocycles. The normalized spacial score (nSPS) is 10.5. The van der Waals surface area contributed by atoms with Gasteiger partial charge in [0.1, 0.15) is 5.75 Å². The summed E-state index contributed by atoms with van der Waals surface area (Å²) in [6, 6.07) is 14.1. The molecule has 142 valence electrons. The van der Waals surface area contributed by atoms with Gasteiger partial charge in [-0.2, -0.15) is 0 Å². The molecule has 3 aromatic rings. The lowest BCUT2D eigenvalue weighted by Gasteiger charge is -2.09. The van der Waals surface area contributed by atoms with Crippen molar-refractivity contribution in [3.8, 4) is 27.7 Å². The van der Waals surface area contributed by atoms with E-state index in [1.807, 2.05) is 31.2 Å². The highest BCUT2D eigenvalue weighted by atomic mass is 32.1. The van der Waals surface area contributed by atoms with Gasteiger partial charge in [0.2, 0.25) is 0 Å². The number of methoxy groups -OCH3 is 3. The molecule has 0 aliphatic rings. The van der Waals surface area contributed by atoms with Gasteiger partial charge in [-0.25, -0.2) is 4.98 Å². The fourth-order valence-corrected chi connectivity index (χ4v) is 3.83. The minimum Gasteiger partial charge on any atom is -0.497 e. The van der Waals surface area contributed by atoms with Crippen molar-refractivity contribution in [2.24, 2.45) is 0 Å². The van der Waals surface area contributed by atoms with Crippen LogP contribution in [0.1, 0.15) is 11.3 Å². The minimum absolute atomic E-state index is 0.744. The van der Waals surface area contributed by atoms with Crippen molar-refractivity contribution >= 4 is 16.5 Å². The van der Waals surface area contributed by atoms with E-state index in [1.54, 1.807) is 32.7 Å². The molecule has 0 radical (unpaired) electrons. The Labute approximate surface area is 163 Å². The van der Waals surface area contributed by atoms with E-state index in [4.69, 9.17) is 14.2 Å². The van der Waals surface area contributed by atoms with Crippen molar-refractivity contribution < 1.29 is 14.2 Å². The number of hydrogen-bond donors (Lipinski definition) is 1. The zero-order chi connectivity index (χ0) is 19.2. The molecule has 0 amide bonds. The lowest BCUT2D eigenvalue weighted by Crippen LogP contribution is -2.05. The summed E-state index contributed by atoms with van der Waals surface area (Å²) in [5.74, 6) is 2.35. The second-order valence-electron chi connectivity index (χ2n) is 6.03. The largest absolute Gasteiger partial charge is 0.497 e. The average molecular weight is 385 g/mol. The van der Waals surface area contributed by atoms with E-state index in [0.717, 1.165) is 46.6 Å². The van der Waals surface area contributed by atoms with E-state index in [1.165, 1.54) is 10.4 Å². The Balaban J connectivity index is 1.63. The molecule has 0 saturated heterocycles. The first-order valence-corrected chi connectivity index (χ1v) is 9.53. The smallest absolute Gasteiger partial charge is 0.183 e. The van der Waals surface area contributed by atoms with Crippen molar-refractivity contribution in [3.05, 3.63) is 53.7 Å². The van der Waals surface area contributed by atoms with Crippen LogP contribution in [0.2, 0.25) is 0 Å². The highest BCUT2D eigenvalue weighted by Crippen LogP contribution is 2.33. The molecule has 2 aromatic carbocycles. The third kappa shape index (κ3) is 4.52. The summed E-state index contributed by atoms with van der Waals surface area (Å²) in [6.07, 6.45) is 0.872. The van der Waals surface area contributed by atoms with Crippen LogP contribution in [0.15, 0.2) is 42.5 Å². The summed E-state index contributed by atoms with van der Waals surface area (Å²) >= 11 is 1.67. The molecule has 1 N–H and O–H groups in total. The van der Waals surface area contributed by atoms with Crippen LogP contribution >= 0.6 is 11.3 Å². The van der Waals surface area contributed by atoms with Gasteiger partial charge in [0.15, 0.2) is 16.6 Å². The molecule has 0 saturated carbocycles. The maximum atomic E-state index is 5.36. The van der Waals surface area contributed by atoms with Crippen molar-refractivity contribution in [3.63, 3.8) is 0 Å². The number of hydrogen-bond acceptors (Lipinski definition) is 6. The van der Waals surface area contributed by atoms with E-state index in [0.29, 0.717) is 0 Å². The number of benzene rings is 2. The Morgan fingerprint density at radius 2 is 1.67 bits per heavy atom. The van der Waals surface area contributed by atoms with Crippen molar-refractivity contribution in [2.45, 2.75) is 13.3 Å². The highest BCUT2D eigenvalue weighted by Gasteiger charge is 2.10. The van der Waals surface area contributed by atoms with Gasteiger partial charge in [-0.05, 0) is 60.9 Å². The molecule has 0 fully saturated rings. The molecule has 27 heavy (non-hydrogen) atoms. The van der Waals surface area contributed by atoms with E-state index in [-0.39, 0.29) is 0 Å². The van der Waals surface area contributed by atoms with E-state index >= 15 is 0 Å². The van der Waals surface area contributed by atoms with E-state index in [9.17, 15) is 0 Å². The van der Waals surface area contributed by atoms with Crippen LogP contribution in [-0.4, -0.2) is 32.9 Å². The maximum absolute atomic E-state index is 5.36. The van der Waals surface area contributed by atoms with Crippen molar-refractivity contribution in [1.29, 1.82) is 0 Å². The first-order chi connectivity index (χ1) is 13.1. The lowest BCUT2D eigenvalue weighted by molar-refractivity contribution is 0.354. The Morgan fingerprint density at radius 1 is 0.926 bits per heavy atom. The van der Waals surface area contributed by atoms with Gasteiger partial charge in [0.25, 0.3) is 0 Å². The van der Waals surface area contributed by atoms with Gasteiger partial charge in [-0.15, -0.1) is 0 Å². The summed E-state index contributed by atoms with van der Waals surface area (Å²) in [5.41, 5.74) is 3.36. The zero-order valence-corrected chi connectivity index (χ0v) is 16.9. The summed E-state index contributed by atoms with van der Waals surface area (Å²) < 4.78 is 15.9. The Kier molecular flexibility index (Phi) is 6.19. The molecular formula is C21H24N2O3S. The van der Waals surface area contributed by atoms with Crippen LogP contribution in [0, 0.1) is 6.92 Å². The van der Waals surface area contributed by atoms with Crippen LogP contribution in [-0.2, 0) is 6.42 Å². The molecule has 0 atom stereocenters. The van der Waals surface area contributed by atoms with Gasteiger partial charge >= 0.3 is 0 Å². The van der Waals surface area contributed by atoms with Gasteiger partial charge in [0, 0.05) is 6.54 Å². The maximum Gasteiger partial charge on any atom is 0.183 e. The number of thiazole rings is 1. The fraction of sp³-hybridized carbons (Fsp3) is 0.286. The van der Waals surface area contributed by atoms with Gasteiger partial charge < -0.3 is 19.5 Å². The Hall–Kier alpha value is -2.73. The first kappa shape index (κ1) is 19.0. The second kappa shape index (κ2) is 8.77. The quantitative estimate of drug-likeness (QED) is 0.605. The van der Waals surface area contributed by atoms with Crippen LogP contribution in [0.25, 0.3) is 10.4 Å². The molecule has 0 bridgehead atoms. The fourth-order valence-electron chi connectivity index (χ4n) is 2.83. The second-order valence-corrected chi connectivity index (χ2v) is 7.03. The predicted octanol–water partition coefficient (Wildman–Crippen LogP) is 4.80. The number of aryl methyl sites for hydroxylation is 1. The average Bonchev–Trinajstić information content (AvgIpc) is 3.08. The molecule has 0 aliphatic carbocycles. The van der Waals surface area contributed by atoms with Crippen LogP contribution in [0.5, 0.6) is 17.2 Å². The predicted molar refractivity (Wildman–Crippen MR) is 111 cm³/mol. The minimum atomic E-state index is 0.744. The molecule has 5 nitrogen and oxygen atoms in total. The first-order valence-electron chi connectivity index (χ1n) is 8.71. The topological polar surface area (TPSA) is 52.6 Å². The summed E-state index contributed by atoms with van der Waals surface area (Å²) in [6.45, 7) is 2.83. The van der Waals surface area contributed by atoms with Crippen LogP contribution in [0.3, 0.4) is 0 Å². The molecule has 1 heterocycles. The SMILES string of the molecule is COc1ccc(-c2sc(NCCc3ccc(OC)c(OC)c3)nc2C)cc1. The van der Waals surface area contributed by atoms with Crippen molar-refractivity contribution in [1.82, 2.24) is 4.98 Å². The van der Waals surface area contributed by atoms with E-state index < -0.39 is 0 Å². The highest BCUT2D eigenvalue weighted by molar-refractivity contribution is 7.19. The molecule has 0 aliphatic heterocycles. The van der Waals surface area contributed by atoms with E-state index in [2.05, 4.69) is 28.5 Å². The van der Waals surface area contributed by atoms with Crippen LogP contribution in [0.4, 0.5) is 5.13 Å². The lowest BCUT2D eigenvalue weighted by atomic mass is 10.1. The summed E-state index contributed by atoms with van der Waals surface area (Å²) in [4.78, 5) is 5.83. The summed E-state index contributed by atoms with van der Waals surface area (Å²) in [7, 11) is 4.97.